The van der Waals surface area contributed by atoms with Gasteiger partial charge in [0.05, 0.1) is 6.54 Å². The monoisotopic (exact) mass is 345 g/mol. The summed E-state index contributed by atoms with van der Waals surface area (Å²) in [7, 11) is 0. The van der Waals surface area contributed by atoms with Gasteiger partial charge in [-0.1, -0.05) is 28.1 Å². The van der Waals surface area contributed by atoms with Gasteiger partial charge in [-0.05, 0) is 41.1 Å². The van der Waals surface area contributed by atoms with Gasteiger partial charge in [0, 0.05) is 15.9 Å². The number of hydrogen-bond donors (Lipinski definition) is 1. The van der Waals surface area contributed by atoms with Crippen LogP contribution in [0, 0.1) is 6.92 Å². The highest BCUT2D eigenvalue weighted by atomic mass is 79.9. The number of benzene rings is 1. The lowest BCUT2D eigenvalue weighted by Gasteiger charge is -2.08. The van der Waals surface area contributed by atoms with Gasteiger partial charge in [0.25, 0.3) is 6.43 Å². The van der Waals surface area contributed by atoms with Crippen molar-refractivity contribution in [2.75, 3.05) is 6.54 Å². The highest BCUT2D eigenvalue weighted by molar-refractivity contribution is 9.10. The lowest BCUT2D eigenvalue weighted by molar-refractivity contribution is 0.145. The Morgan fingerprint density at radius 1 is 1.37 bits per heavy atom. The predicted octanol–water partition coefficient (Wildman–Crippen LogP) is 4.84. The quantitative estimate of drug-likeness (QED) is 0.817. The molecule has 2 rings (SSSR count). The molecule has 0 saturated carbocycles. The number of alkyl halides is 2. The van der Waals surface area contributed by atoms with Crippen LogP contribution in [0.5, 0.6) is 0 Å². The maximum atomic E-state index is 12.2. The number of thiophene rings is 1. The van der Waals surface area contributed by atoms with Crippen LogP contribution in [0.1, 0.15) is 10.4 Å². The molecule has 1 N–H and O–H groups in total. The maximum Gasteiger partial charge on any atom is 0.250 e. The van der Waals surface area contributed by atoms with Crippen LogP contribution in [0.2, 0.25) is 0 Å². The van der Waals surface area contributed by atoms with E-state index in [1.54, 1.807) is 11.3 Å². The topological polar surface area (TPSA) is 12.0 Å². The van der Waals surface area contributed by atoms with Crippen molar-refractivity contribution in [3.8, 4) is 11.1 Å². The molecule has 1 heterocycles. The van der Waals surface area contributed by atoms with Gasteiger partial charge in [0.1, 0.15) is 0 Å². The van der Waals surface area contributed by atoms with Crippen LogP contribution in [0.15, 0.2) is 34.1 Å². The highest BCUT2D eigenvalue weighted by Crippen LogP contribution is 2.33. The van der Waals surface area contributed by atoms with Crippen molar-refractivity contribution in [2.24, 2.45) is 0 Å². The number of rotatable bonds is 5. The molecule has 1 aromatic heterocycles. The fourth-order valence-electron chi connectivity index (χ4n) is 1.98. The first-order valence-corrected chi connectivity index (χ1v) is 7.57. The van der Waals surface area contributed by atoms with E-state index >= 15 is 0 Å². The van der Waals surface area contributed by atoms with E-state index in [0.717, 1.165) is 21.2 Å². The Balaban J connectivity index is 2.22. The zero-order valence-corrected chi connectivity index (χ0v) is 12.8. The molecule has 0 aliphatic carbocycles. The fourth-order valence-corrected chi connectivity index (χ4v) is 3.27. The van der Waals surface area contributed by atoms with Gasteiger partial charge in [-0.3, -0.25) is 0 Å². The van der Waals surface area contributed by atoms with Crippen LogP contribution in [-0.2, 0) is 6.54 Å². The van der Waals surface area contributed by atoms with Crippen LogP contribution < -0.4 is 5.32 Å². The summed E-state index contributed by atoms with van der Waals surface area (Å²) in [6.07, 6.45) is -2.31. The standard InChI is InChI=1S/C14H14BrF2NS/c1-9-14(10-3-2-4-12(15)5-10)11(8-19-9)6-18-7-13(16)17/h2-5,8,13,18H,6-7H2,1H3. The number of nitrogens with one attached hydrogen (secondary N) is 1. The second-order valence-electron chi connectivity index (χ2n) is 4.22. The molecule has 0 aliphatic rings. The lowest BCUT2D eigenvalue weighted by atomic mass is 10.0. The smallest absolute Gasteiger partial charge is 0.250 e. The highest BCUT2D eigenvalue weighted by Gasteiger charge is 2.11. The third-order valence-electron chi connectivity index (χ3n) is 2.78. The summed E-state index contributed by atoms with van der Waals surface area (Å²) < 4.78 is 25.3. The summed E-state index contributed by atoms with van der Waals surface area (Å²) in [4.78, 5) is 1.20. The minimum atomic E-state index is -2.31. The first kappa shape index (κ1) is 14.6. The zero-order valence-electron chi connectivity index (χ0n) is 10.4. The minimum Gasteiger partial charge on any atom is -0.307 e. The van der Waals surface area contributed by atoms with E-state index in [9.17, 15) is 8.78 Å². The van der Waals surface area contributed by atoms with Crippen LogP contribution in [0.4, 0.5) is 8.78 Å². The molecule has 1 nitrogen and oxygen atoms in total. The zero-order chi connectivity index (χ0) is 13.8. The van der Waals surface area contributed by atoms with Gasteiger partial charge in [0.2, 0.25) is 0 Å². The Morgan fingerprint density at radius 2 is 2.16 bits per heavy atom. The molecule has 0 atom stereocenters. The molecule has 1 aromatic carbocycles. The Morgan fingerprint density at radius 3 is 2.84 bits per heavy atom. The van der Waals surface area contributed by atoms with E-state index in [-0.39, 0.29) is 6.54 Å². The summed E-state index contributed by atoms with van der Waals surface area (Å²) in [5.74, 6) is 0. The van der Waals surface area contributed by atoms with Crippen LogP contribution in [0.25, 0.3) is 11.1 Å². The molecule has 0 aliphatic heterocycles. The Bertz CT molecular complexity index is 554. The first-order valence-electron chi connectivity index (χ1n) is 5.89. The maximum absolute atomic E-state index is 12.2. The van der Waals surface area contributed by atoms with E-state index in [0.29, 0.717) is 6.54 Å². The molecule has 5 heteroatoms. The molecule has 2 aromatic rings. The molecule has 0 bridgehead atoms. The molecule has 0 amide bonds. The van der Waals surface area contributed by atoms with E-state index in [2.05, 4.69) is 28.2 Å². The van der Waals surface area contributed by atoms with E-state index in [1.165, 1.54) is 4.88 Å². The lowest BCUT2D eigenvalue weighted by Crippen LogP contribution is -2.20. The van der Waals surface area contributed by atoms with Gasteiger partial charge >= 0.3 is 0 Å². The van der Waals surface area contributed by atoms with Crippen molar-refractivity contribution in [1.29, 1.82) is 0 Å². The Hall–Kier alpha value is -0.780. The van der Waals surface area contributed by atoms with Crippen molar-refractivity contribution in [3.63, 3.8) is 0 Å². The van der Waals surface area contributed by atoms with Crippen LogP contribution in [0.3, 0.4) is 0 Å². The molecule has 0 fully saturated rings. The second kappa shape index (κ2) is 6.59. The second-order valence-corrected chi connectivity index (χ2v) is 6.22. The Kier molecular flexibility index (Phi) is 5.07. The first-order chi connectivity index (χ1) is 9.08. The van der Waals surface area contributed by atoms with E-state index < -0.39 is 6.43 Å². The van der Waals surface area contributed by atoms with Gasteiger partial charge in [0.15, 0.2) is 0 Å². The number of aryl methyl sites for hydroxylation is 1. The summed E-state index contributed by atoms with van der Waals surface area (Å²) in [5, 5.41) is 4.82. The molecule has 102 valence electrons. The normalized spacial score (nSPS) is 11.2. The molecular formula is C14H14BrF2NS. The van der Waals surface area contributed by atoms with Crippen molar-refractivity contribution >= 4 is 27.3 Å². The van der Waals surface area contributed by atoms with Crippen molar-refractivity contribution in [2.45, 2.75) is 19.9 Å². The van der Waals surface area contributed by atoms with Crippen LogP contribution in [-0.4, -0.2) is 13.0 Å². The van der Waals surface area contributed by atoms with Gasteiger partial charge in [-0.15, -0.1) is 11.3 Å². The van der Waals surface area contributed by atoms with Crippen LogP contribution >= 0.6 is 27.3 Å². The third kappa shape index (κ3) is 3.84. The predicted molar refractivity (Wildman–Crippen MR) is 79.9 cm³/mol. The largest absolute Gasteiger partial charge is 0.307 e. The van der Waals surface area contributed by atoms with Gasteiger partial charge < -0.3 is 5.32 Å². The number of halogens is 3. The molecule has 0 unspecified atom stereocenters. The molecule has 0 radical (unpaired) electrons. The van der Waals surface area contributed by atoms with E-state index in [4.69, 9.17) is 0 Å². The van der Waals surface area contributed by atoms with Crippen molar-refractivity contribution in [3.05, 3.63) is 44.6 Å². The van der Waals surface area contributed by atoms with Gasteiger partial charge in [-0.2, -0.15) is 0 Å². The fraction of sp³-hybridized carbons (Fsp3) is 0.286. The summed E-state index contributed by atoms with van der Waals surface area (Å²) in [5.41, 5.74) is 3.33. The Labute approximate surface area is 123 Å². The third-order valence-corrected chi connectivity index (χ3v) is 4.23. The summed E-state index contributed by atoms with van der Waals surface area (Å²) in [6.45, 7) is 2.25. The summed E-state index contributed by atoms with van der Waals surface area (Å²) >= 11 is 5.10. The summed E-state index contributed by atoms with van der Waals surface area (Å²) in [6, 6.07) is 8.04. The molecular weight excluding hydrogens is 332 g/mol. The average molecular weight is 346 g/mol. The molecule has 19 heavy (non-hydrogen) atoms. The van der Waals surface area contributed by atoms with E-state index in [1.807, 2.05) is 29.6 Å². The average Bonchev–Trinajstić information content (AvgIpc) is 2.70. The minimum absolute atomic E-state index is 0.271. The number of hydrogen-bond acceptors (Lipinski definition) is 2. The molecule has 0 spiro atoms. The van der Waals surface area contributed by atoms with Crippen molar-refractivity contribution in [1.82, 2.24) is 5.32 Å². The van der Waals surface area contributed by atoms with Gasteiger partial charge in [-0.25, -0.2) is 8.78 Å². The SMILES string of the molecule is Cc1scc(CNCC(F)F)c1-c1cccc(Br)c1. The van der Waals surface area contributed by atoms with Crippen molar-refractivity contribution < 1.29 is 8.78 Å². The molecule has 0 saturated heterocycles.